The number of nitrogens with zero attached hydrogens (tertiary/aromatic N) is 3. The number of carbonyl (C=O) groups excluding carboxylic acids is 1. The molecule has 0 saturated carbocycles. The van der Waals surface area contributed by atoms with E-state index in [0.29, 0.717) is 18.1 Å². The van der Waals surface area contributed by atoms with Crippen LogP contribution >= 0.6 is 0 Å². The first kappa shape index (κ1) is 14.1. The first-order chi connectivity index (χ1) is 9.69. The summed E-state index contributed by atoms with van der Waals surface area (Å²) >= 11 is 0. The third-order valence-electron chi connectivity index (χ3n) is 3.45. The molecule has 2 heterocycles. The molecule has 6 heteroatoms. The molecule has 0 aliphatic carbocycles. The summed E-state index contributed by atoms with van der Waals surface area (Å²) in [5, 5.41) is 9.09. The van der Waals surface area contributed by atoms with Crippen molar-refractivity contribution >= 4 is 17.8 Å². The van der Waals surface area contributed by atoms with Crippen LogP contribution in [0.15, 0.2) is 6.07 Å². The number of rotatable bonds is 4. The van der Waals surface area contributed by atoms with Gasteiger partial charge >= 0.3 is 0 Å². The van der Waals surface area contributed by atoms with Gasteiger partial charge in [-0.3, -0.25) is 0 Å². The molecule has 6 nitrogen and oxygen atoms in total. The first-order valence-electron chi connectivity index (χ1n) is 6.73. The largest absolute Gasteiger partial charge is 0.477 e. The van der Waals surface area contributed by atoms with Crippen LogP contribution in [0.25, 0.3) is 0 Å². The van der Waals surface area contributed by atoms with Gasteiger partial charge in [0.25, 0.3) is 0 Å². The van der Waals surface area contributed by atoms with Crippen LogP contribution in [0, 0.1) is 17.2 Å². The summed E-state index contributed by atoms with van der Waals surface area (Å²) in [7, 11) is 0. The maximum atomic E-state index is 10.8. The molecule has 0 amide bonds. The number of nitrogens with two attached hydrogens (primary N) is 1. The van der Waals surface area contributed by atoms with Gasteiger partial charge in [0.15, 0.2) is 0 Å². The highest BCUT2D eigenvalue weighted by Crippen LogP contribution is 2.29. The summed E-state index contributed by atoms with van der Waals surface area (Å²) in [4.78, 5) is 17.2. The second-order valence-electron chi connectivity index (χ2n) is 4.76. The van der Waals surface area contributed by atoms with Crippen LogP contribution < -0.4 is 15.4 Å². The van der Waals surface area contributed by atoms with Crippen LogP contribution in [-0.2, 0) is 4.79 Å². The molecule has 1 saturated heterocycles. The van der Waals surface area contributed by atoms with Crippen molar-refractivity contribution < 1.29 is 9.53 Å². The Kier molecular flexibility index (Phi) is 4.41. The van der Waals surface area contributed by atoms with E-state index in [2.05, 4.69) is 9.88 Å². The zero-order chi connectivity index (χ0) is 14.5. The number of aromatic nitrogens is 1. The third kappa shape index (κ3) is 2.82. The number of nitrogen functional groups attached to an aromatic ring is 1. The molecule has 1 fully saturated rings. The van der Waals surface area contributed by atoms with Crippen LogP contribution in [-0.4, -0.2) is 31.0 Å². The average molecular weight is 274 g/mol. The highest BCUT2D eigenvalue weighted by Gasteiger charge is 2.21. The number of piperidine rings is 1. The normalized spacial score (nSPS) is 15.7. The van der Waals surface area contributed by atoms with E-state index in [-0.39, 0.29) is 17.4 Å². The van der Waals surface area contributed by atoms with Crippen LogP contribution in [0.2, 0.25) is 0 Å². The van der Waals surface area contributed by atoms with E-state index in [4.69, 9.17) is 15.7 Å². The van der Waals surface area contributed by atoms with Crippen LogP contribution in [0.4, 0.5) is 11.5 Å². The van der Waals surface area contributed by atoms with Crippen molar-refractivity contribution in [2.45, 2.75) is 19.8 Å². The van der Waals surface area contributed by atoms with E-state index in [9.17, 15) is 4.79 Å². The molecular formula is C14H18N4O2. The zero-order valence-corrected chi connectivity index (χ0v) is 11.5. The summed E-state index contributed by atoms with van der Waals surface area (Å²) in [6.45, 7) is 3.78. The Morgan fingerprint density at radius 2 is 2.30 bits per heavy atom. The van der Waals surface area contributed by atoms with E-state index < -0.39 is 0 Å². The Labute approximate surface area is 118 Å². The maximum Gasteiger partial charge on any atom is 0.235 e. The summed E-state index contributed by atoms with van der Waals surface area (Å²) in [6.07, 6.45) is 2.65. The molecular weight excluding hydrogens is 256 g/mol. The predicted octanol–water partition coefficient (Wildman–Crippen LogP) is 1.35. The van der Waals surface area contributed by atoms with Gasteiger partial charge in [0.1, 0.15) is 23.7 Å². The van der Waals surface area contributed by atoms with E-state index in [1.54, 1.807) is 6.07 Å². The average Bonchev–Trinajstić information content (AvgIpc) is 2.47. The Balaban J connectivity index is 2.25. The molecule has 0 spiro atoms. The van der Waals surface area contributed by atoms with Gasteiger partial charge in [-0.25, -0.2) is 0 Å². The van der Waals surface area contributed by atoms with Crippen molar-refractivity contribution in [3.63, 3.8) is 0 Å². The van der Waals surface area contributed by atoms with Gasteiger partial charge in [-0.2, -0.15) is 10.2 Å². The van der Waals surface area contributed by atoms with Crippen molar-refractivity contribution in [3.8, 4) is 11.9 Å². The molecule has 2 N–H and O–H groups in total. The van der Waals surface area contributed by atoms with Gasteiger partial charge in [-0.15, -0.1) is 0 Å². The predicted molar refractivity (Wildman–Crippen MR) is 75.5 cm³/mol. The number of pyridine rings is 1. The topological polar surface area (TPSA) is 92.2 Å². The van der Waals surface area contributed by atoms with Gasteiger partial charge in [0, 0.05) is 25.1 Å². The summed E-state index contributed by atoms with van der Waals surface area (Å²) < 4.78 is 5.39. The minimum Gasteiger partial charge on any atom is -0.477 e. The molecule has 1 aromatic rings. The van der Waals surface area contributed by atoms with E-state index in [1.165, 1.54) is 0 Å². The molecule has 0 bridgehead atoms. The summed E-state index contributed by atoms with van der Waals surface area (Å²) in [5.74, 6) is 1.12. The fraction of sp³-hybridized carbons (Fsp3) is 0.500. The fourth-order valence-corrected chi connectivity index (χ4v) is 2.31. The molecule has 0 radical (unpaired) electrons. The fourth-order valence-electron chi connectivity index (χ4n) is 2.31. The Morgan fingerprint density at radius 1 is 1.60 bits per heavy atom. The Morgan fingerprint density at radius 3 is 2.85 bits per heavy atom. The number of carbonyl (C=O) groups is 1. The van der Waals surface area contributed by atoms with Crippen molar-refractivity contribution in [2.24, 2.45) is 5.92 Å². The number of nitriles is 1. The highest BCUT2D eigenvalue weighted by molar-refractivity contribution is 5.65. The molecule has 0 aromatic carbocycles. The summed E-state index contributed by atoms with van der Waals surface area (Å²) in [6, 6.07) is 3.71. The number of ether oxygens (including phenoxy) is 1. The van der Waals surface area contributed by atoms with Crippen molar-refractivity contribution in [1.29, 1.82) is 5.26 Å². The molecule has 0 atom stereocenters. The van der Waals surface area contributed by atoms with Gasteiger partial charge in [0.05, 0.1) is 12.3 Å². The first-order valence-corrected chi connectivity index (χ1v) is 6.73. The lowest BCUT2D eigenvalue weighted by atomic mass is 9.98. The minimum atomic E-state index is 0.133. The molecule has 1 aliphatic rings. The lowest BCUT2D eigenvalue weighted by molar-refractivity contribution is -0.111. The number of hydrogen-bond donors (Lipinski definition) is 1. The van der Waals surface area contributed by atoms with Crippen molar-refractivity contribution in [1.82, 2.24) is 4.98 Å². The zero-order valence-electron chi connectivity index (χ0n) is 11.5. The molecule has 1 aliphatic heterocycles. The Bertz CT molecular complexity index is 531. The lowest BCUT2D eigenvalue weighted by Gasteiger charge is -2.31. The molecule has 106 valence electrons. The van der Waals surface area contributed by atoms with Gasteiger partial charge in [-0.05, 0) is 19.8 Å². The monoisotopic (exact) mass is 274 g/mol. The number of anilines is 2. The smallest absolute Gasteiger partial charge is 0.235 e. The van der Waals surface area contributed by atoms with E-state index in [1.807, 2.05) is 13.0 Å². The van der Waals surface area contributed by atoms with Crippen molar-refractivity contribution in [3.05, 3.63) is 11.6 Å². The quantitative estimate of drug-likeness (QED) is 0.833. The van der Waals surface area contributed by atoms with Crippen LogP contribution in [0.1, 0.15) is 25.3 Å². The highest BCUT2D eigenvalue weighted by atomic mass is 16.5. The van der Waals surface area contributed by atoms with Gasteiger partial charge in [-0.1, -0.05) is 0 Å². The third-order valence-corrected chi connectivity index (χ3v) is 3.45. The van der Waals surface area contributed by atoms with E-state index >= 15 is 0 Å². The SMILES string of the molecule is CCOc1nc(N2CCC(C=O)CC2)cc(N)c1C#N. The van der Waals surface area contributed by atoms with Crippen LogP contribution in [0.5, 0.6) is 5.88 Å². The van der Waals surface area contributed by atoms with Crippen molar-refractivity contribution in [2.75, 3.05) is 30.3 Å². The second-order valence-corrected chi connectivity index (χ2v) is 4.76. The minimum absolute atomic E-state index is 0.133. The molecule has 20 heavy (non-hydrogen) atoms. The second kappa shape index (κ2) is 6.24. The molecule has 2 rings (SSSR count). The van der Waals surface area contributed by atoms with Gasteiger partial charge < -0.3 is 20.2 Å². The Hall–Kier alpha value is -2.29. The van der Waals surface area contributed by atoms with Gasteiger partial charge in [0.2, 0.25) is 5.88 Å². The lowest BCUT2D eigenvalue weighted by Crippen LogP contribution is -2.34. The van der Waals surface area contributed by atoms with E-state index in [0.717, 1.165) is 32.2 Å². The summed E-state index contributed by atoms with van der Waals surface area (Å²) in [5.41, 5.74) is 6.55. The maximum absolute atomic E-state index is 10.8. The number of aldehydes is 1. The van der Waals surface area contributed by atoms with Crippen LogP contribution in [0.3, 0.4) is 0 Å². The molecule has 0 unspecified atom stereocenters. The number of hydrogen-bond acceptors (Lipinski definition) is 6. The standard InChI is InChI=1S/C14H18N4O2/c1-2-20-14-11(8-15)12(16)7-13(17-14)18-5-3-10(9-19)4-6-18/h7,9-10H,2-6H2,1H3,(H2,16,17). The molecule has 1 aromatic heterocycles.